The highest BCUT2D eigenvalue weighted by Gasteiger charge is 2.19. The van der Waals surface area contributed by atoms with Gasteiger partial charge < -0.3 is 5.32 Å². The number of carbonyl (C=O) groups excluding carboxylic acids is 1. The monoisotopic (exact) mass is 414 g/mol. The van der Waals surface area contributed by atoms with Crippen LogP contribution in [0.15, 0.2) is 48.5 Å². The van der Waals surface area contributed by atoms with E-state index in [-0.39, 0.29) is 11.7 Å². The summed E-state index contributed by atoms with van der Waals surface area (Å²) in [7, 11) is -3.08. The van der Waals surface area contributed by atoms with E-state index in [4.69, 9.17) is 0 Å². The van der Waals surface area contributed by atoms with Crippen LogP contribution in [-0.2, 0) is 28.7 Å². The van der Waals surface area contributed by atoms with Crippen molar-refractivity contribution in [1.82, 2.24) is 10.2 Å². The van der Waals surface area contributed by atoms with Crippen molar-refractivity contribution >= 4 is 15.7 Å². The minimum absolute atomic E-state index is 0.0167. The predicted octanol–water partition coefficient (Wildman–Crippen LogP) is 3.54. The summed E-state index contributed by atoms with van der Waals surface area (Å²) in [5.41, 5.74) is 3.60. The molecule has 0 aliphatic carbocycles. The van der Waals surface area contributed by atoms with Gasteiger partial charge in [-0.1, -0.05) is 42.8 Å². The second kappa shape index (κ2) is 9.55. The number of hydrogen-bond donors (Lipinski definition) is 1. The number of sulfone groups is 1. The number of benzene rings is 2. The van der Waals surface area contributed by atoms with Crippen molar-refractivity contribution in [2.75, 3.05) is 12.8 Å². The molecule has 0 radical (unpaired) electrons. The van der Waals surface area contributed by atoms with Crippen LogP contribution in [0, 0.1) is 0 Å². The van der Waals surface area contributed by atoms with Gasteiger partial charge in [0.05, 0.1) is 5.75 Å². The van der Waals surface area contributed by atoms with Gasteiger partial charge in [-0.25, -0.2) is 8.42 Å². The Balaban J connectivity index is 1.61. The topological polar surface area (TPSA) is 66.5 Å². The van der Waals surface area contributed by atoms with E-state index in [0.717, 1.165) is 18.7 Å². The van der Waals surface area contributed by atoms with Crippen molar-refractivity contribution in [2.45, 2.75) is 51.1 Å². The quantitative estimate of drug-likeness (QED) is 0.753. The Hall–Kier alpha value is -2.18. The third kappa shape index (κ3) is 6.41. The van der Waals surface area contributed by atoms with Crippen molar-refractivity contribution < 1.29 is 13.2 Å². The van der Waals surface area contributed by atoms with Gasteiger partial charge in [0.2, 0.25) is 0 Å². The van der Waals surface area contributed by atoms with Crippen LogP contribution in [0.2, 0.25) is 0 Å². The number of hydrogen-bond acceptors (Lipinski definition) is 4. The van der Waals surface area contributed by atoms with Crippen LogP contribution in [0.1, 0.15) is 53.2 Å². The number of amides is 1. The van der Waals surface area contributed by atoms with Gasteiger partial charge in [0.25, 0.3) is 5.91 Å². The molecule has 2 aromatic carbocycles. The van der Waals surface area contributed by atoms with Gasteiger partial charge in [-0.15, -0.1) is 0 Å². The number of nitrogens with zero attached hydrogens (tertiary/aromatic N) is 1. The van der Waals surface area contributed by atoms with E-state index in [1.54, 1.807) is 24.3 Å². The molecule has 1 amide bonds. The van der Waals surface area contributed by atoms with Crippen LogP contribution in [0.25, 0.3) is 0 Å². The second-order valence-electron chi connectivity index (χ2n) is 8.03. The summed E-state index contributed by atoms with van der Waals surface area (Å²) in [6.45, 7) is 4.80. The molecule has 1 atom stereocenters. The Kier molecular flexibility index (Phi) is 7.09. The largest absolute Gasteiger partial charge is 0.348 e. The van der Waals surface area contributed by atoms with Gasteiger partial charge in [-0.05, 0) is 55.1 Å². The van der Waals surface area contributed by atoms with Crippen molar-refractivity contribution in [2.24, 2.45) is 0 Å². The normalized spacial score (nSPS) is 17.8. The van der Waals surface area contributed by atoms with Crippen LogP contribution < -0.4 is 5.32 Å². The molecule has 6 heteroatoms. The molecule has 0 spiro atoms. The lowest BCUT2D eigenvalue weighted by Crippen LogP contribution is -2.37. The lowest BCUT2D eigenvalue weighted by molar-refractivity contribution is 0.0950. The third-order valence-electron chi connectivity index (χ3n) is 5.52. The number of piperidine rings is 1. The minimum Gasteiger partial charge on any atom is -0.348 e. The lowest BCUT2D eigenvalue weighted by Gasteiger charge is -2.33. The van der Waals surface area contributed by atoms with E-state index in [2.05, 4.69) is 35.3 Å². The third-order valence-corrected chi connectivity index (χ3v) is 6.37. The zero-order valence-corrected chi connectivity index (χ0v) is 18.0. The molecule has 29 heavy (non-hydrogen) atoms. The highest BCUT2D eigenvalue weighted by atomic mass is 32.2. The Morgan fingerprint density at radius 1 is 1.07 bits per heavy atom. The average Bonchev–Trinajstić information content (AvgIpc) is 2.68. The highest BCUT2D eigenvalue weighted by Crippen LogP contribution is 2.21. The standard InChI is InChI=1S/C23H30N2O3S/c1-18-7-5-6-14-25(18)16-22-9-4-3-8-21(22)15-24-23(26)20-12-10-19(11-13-20)17-29(2,27)28/h3-4,8-13,18H,5-7,14-17H2,1-2H3,(H,24,26)/t18-/m0/s1. The molecule has 0 bridgehead atoms. The summed E-state index contributed by atoms with van der Waals surface area (Å²) in [5, 5.41) is 3.00. The fourth-order valence-corrected chi connectivity index (χ4v) is 4.63. The SMILES string of the molecule is C[C@H]1CCCCN1Cc1ccccc1CNC(=O)c1ccc(CS(C)(=O)=O)cc1. The molecule has 156 valence electrons. The molecule has 1 heterocycles. The van der Waals surface area contributed by atoms with E-state index in [0.29, 0.717) is 23.7 Å². The second-order valence-corrected chi connectivity index (χ2v) is 10.2. The number of nitrogens with one attached hydrogen (secondary N) is 1. The first-order chi connectivity index (χ1) is 13.8. The molecule has 3 rings (SSSR count). The van der Waals surface area contributed by atoms with E-state index >= 15 is 0 Å². The molecular weight excluding hydrogens is 384 g/mol. The van der Waals surface area contributed by atoms with Crippen LogP contribution in [-0.4, -0.2) is 38.1 Å². The molecule has 1 N–H and O–H groups in total. The summed E-state index contributed by atoms with van der Waals surface area (Å²) in [4.78, 5) is 15.0. The maximum absolute atomic E-state index is 12.5. The van der Waals surface area contributed by atoms with Gasteiger partial charge in [0.1, 0.15) is 0 Å². The molecule has 1 aliphatic heterocycles. The molecule has 5 nitrogen and oxygen atoms in total. The molecule has 2 aromatic rings. The summed E-state index contributed by atoms with van der Waals surface area (Å²) < 4.78 is 22.8. The summed E-state index contributed by atoms with van der Waals surface area (Å²) in [5.74, 6) is -0.172. The zero-order valence-electron chi connectivity index (χ0n) is 17.2. The van der Waals surface area contributed by atoms with Crippen molar-refractivity contribution in [1.29, 1.82) is 0 Å². The fourth-order valence-electron chi connectivity index (χ4n) is 3.83. The van der Waals surface area contributed by atoms with E-state index in [9.17, 15) is 13.2 Å². The van der Waals surface area contributed by atoms with Gasteiger partial charge in [0.15, 0.2) is 9.84 Å². The van der Waals surface area contributed by atoms with Gasteiger partial charge in [-0.2, -0.15) is 0 Å². The van der Waals surface area contributed by atoms with Gasteiger partial charge in [-0.3, -0.25) is 9.69 Å². The van der Waals surface area contributed by atoms with Crippen molar-refractivity contribution in [3.63, 3.8) is 0 Å². The Morgan fingerprint density at radius 3 is 2.41 bits per heavy atom. The highest BCUT2D eigenvalue weighted by molar-refractivity contribution is 7.89. The van der Waals surface area contributed by atoms with Crippen molar-refractivity contribution in [3.8, 4) is 0 Å². The van der Waals surface area contributed by atoms with Crippen LogP contribution in [0.3, 0.4) is 0 Å². The van der Waals surface area contributed by atoms with Crippen LogP contribution in [0.5, 0.6) is 0 Å². The average molecular weight is 415 g/mol. The maximum Gasteiger partial charge on any atom is 0.251 e. The molecule has 1 saturated heterocycles. The predicted molar refractivity (Wildman–Crippen MR) is 116 cm³/mol. The van der Waals surface area contributed by atoms with E-state index in [1.165, 1.54) is 31.1 Å². The molecular formula is C23H30N2O3S. The number of rotatable bonds is 7. The Labute approximate surface area is 174 Å². The number of carbonyl (C=O) groups is 1. The summed E-state index contributed by atoms with van der Waals surface area (Å²) >= 11 is 0. The number of likely N-dealkylation sites (tertiary alicyclic amines) is 1. The summed E-state index contributed by atoms with van der Waals surface area (Å²) in [6.07, 6.45) is 5.00. The van der Waals surface area contributed by atoms with Gasteiger partial charge >= 0.3 is 0 Å². The summed E-state index contributed by atoms with van der Waals surface area (Å²) in [6, 6.07) is 15.6. The van der Waals surface area contributed by atoms with Crippen LogP contribution >= 0.6 is 0 Å². The minimum atomic E-state index is -3.08. The first-order valence-electron chi connectivity index (χ1n) is 10.2. The molecule has 0 aromatic heterocycles. The fraction of sp³-hybridized carbons (Fsp3) is 0.435. The molecule has 1 fully saturated rings. The van der Waals surface area contributed by atoms with Gasteiger partial charge in [0, 0.05) is 31.0 Å². The molecule has 0 unspecified atom stereocenters. The maximum atomic E-state index is 12.5. The molecule has 1 aliphatic rings. The van der Waals surface area contributed by atoms with Crippen molar-refractivity contribution in [3.05, 3.63) is 70.8 Å². The Morgan fingerprint density at radius 2 is 1.76 bits per heavy atom. The zero-order chi connectivity index (χ0) is 20.9. The van der Waals surface area contributed by atoms with Crippen LogP contribution in [0.4, 0.5) is 0 Å². The molecule has 0 saturated carbocycles. The Bertz CT molecular complexity index is 939. The smallest absolute Gasteiger partial charge is 0.251 e. The van der Waals surface area contributed by atoms with E-state index < -0.39 is 9.84 Å². The first kappa shape index (κ1) is 21.5. The van der Waals surface area contributed by atoms with E-state index in [1.807, 2.05) is 6.07 Å². The first-order valence-corrected chi connectivity index (χ1v) is 12.2. The lowest BCUT2D eigenvalue weighted by atomic mass is 10.0.